The Labute approximate surface area is 126 Å². The Morgan fingerprint density at radius 3 is 2.71 bits per heavy atom. The van der Waals surface area contributed by atoms with Crippen molar-refractivity contribution in [3.63, 3.8) is 0 Å². The van der Waals surface area contributed by atoms with Gasteiger partial charge in [0.15, 0.2) is 5.82 Å². The van der Waals surface area contributed by atoms with Crippen LogP contribution in [0.4, 0.5) is 11.5 Å². The van der Waals surface area contributed by atoms with Crippen LogP contribution in [0.1, 0.15) is 25.7 Å². The molecule has 116 valence electrons. The fourth-order valence-corrected chi connectivity index (χ4v) is 3.15. The number of hydrogen-bond acceptors (Lipinski definition) is 5. The summed E-state index contributed by atoms with van der Waals surface area (Å²) in [5.41, 5.74) is 1.13. The van der Waals surface area contributed by atoms with E-state index in [1.54, 1.807) is 0 Å². The predicted octanol–water partition coefficient (Wildman–Crippen LogP) is 1.88. The Morgan fingerprint density at radius 2 is 2.00 bits per heavy atom. The van der Waals surface area contributed by atoms with Crippen molar-refractivity contribution in [3.05, 3.63) is 18.3 Å². The molecule has 2 N–H and O–H groups in total. The van der Waals surface area contributed by atoms with Crippen molar-refractivity contribution in [1.29, 1.82) is 0 Å². The second-order valence-corrected chi connectivity index (χ2v) is 6.02. The maximum atomic E-state index is 9.26. The van der Waals surface area contributed by atoms with E-state index >= 15 is 0 Å². The minimum Gasteiger partial charge on any atom is -0.396 e. The number of ether oxygens (including phenoxy) is 1. The van der Waals surface area contributed by atoms with Gasteiger partial charge in [-0.05, 0) is 43.7 Å². The van der Waals surface area contributed by atoms with Crippen LogP contribution in [0.5, 0.6) is 0 Å². The van der Waals surface area contributed by atoms with E-state index in [1.165, 1.54) is 0 Å². The van der Waals surface area contributed by atoms with Crippen LogP contribution in [0.3, 0.4) is 0 Å². The van der Waals surface area contributed by atoms with Gasteiger partial charge in [0.1, 0.15) is 0 Å². The van der Waals surface area contributed by atoms with Gasteiger partial charge in [-0.25, -0.2) is 4.98 Å². The van der Waals surface area contributed by atoms with E-state index in [0.717, 1.165) is 63.5 Å². The molecule has 0 aromatic carbocycles. The highest BCUT2D eigenvalue weighted by atomic mass is 16.5. The van der Waals surface area contributed by atoms with Gasteiger partial charge in [0.25, 0.3) is 0 Å². The van der Waals surface area contributed by atoms with Crippen molar-refractivity contribution in [2.75, 3.05) is 43.1 Å². The molecule has 0 saturated carbocycles. The normalized spacial score (nSPS) is 21.5. The van der Waals surface area contributed by atoms with Crippen molar-refractivity contribution in [3.8, 4) is 0 Å². The number of nitrogens with one attached hydrogen (secondary N) is 1. The Morgan fingerprint density at radius 1 is 1.24 bits per heavy atom. The largest absolute Gasteiger partial charge is 0.396 e. The number of piperidine rings is 1. The number of aliphatic hydroxyl groups is 1. The molecule has 0 radical (unpaired) electrons. The lowest BCUT2D eigenvalue weighted by Crippen LogP contribution is -2.36. The van der Waals surface area contributed by atoms with E-state index in [2.05, 4.69) is 21.3 Å². The summed E-state index contributed by atoms with van der Waals surface area (Å²) in [6.07, 6.45) is 6.07. The van der Waals surface area contributed by atoms with Gasteiger partial charge in [0, 0.05) is 45.1 Å². The van der Waals surface area contributed by atoms with Crippen LogP contribution in [0.2, 0.25) is 0 Å². The zero-order chi connectivity index (χ0) is 14.5. The topological polar surface area (TPSA) is 57.6 Å². The van der Waals surface area contributed by atoms with Crippen molar-refractivity contribution in [1.82, 2.24) is 4.98 Å². The molecule has 21 heavy (non-hydrogen) atoms. The average Bonchev–Trinajstić information content (AvgIpc) is 2.56. The van der Waals surface area contributed by atoms with Gasteiger partial charge in [0.05, 0.1) is 5.69 Å². The van der Waals surface area contributed by atoms with E-state index in [1.807, 2.05) is 12.3 Å². The summed E-state index contributed by atoms with van der Waals surface area (Å²) in [6.45, 7) is 3.95. The molecule has 3 rings (SSSR count). The summed E-state index contributed by atoms with van der Waals surface area (Å²) in [6, 6.07) is 4.60. The van der Waals surface area contributed by atoms with Crippen LogP contribution >= 0.6 is 0 Å². The number of aliphatic hydroxyl groups excluding tert-OH is 1. The molecule has 0 spiro atoms. The van der Waals surface area contributed by atoms with Gasteiger partial charge in [-0.2, -0.15) is 0 Å². The second-order valence-electron chi connectivity index (χ2n) is 6.02. The smallest absolute Gasteiger partial charge is 0.151 e. The highest BCUT2D eigenvalue weighted by molar-refractivity contribution is 5.66. The molecular formula is C16H25N3O2. The fraction of sp³-hybridized carbons (Fsp3) is 0.688. The number of aromatic nitrogens is 1. The molecule has 2 aliphatic rings. The maximum absolute atomic E-state index is 9.26. The Bertz CT molecular complexity index is 441. The van der Waals surface area contributed by atoms with E-state index in [4.69, 9.17) is 4.74 Å². The molecule has 5 nitrogen and oxygen atoms in total. The van der Waals surface area contributed by atoms with E-state index in [9.17, 15) is 5.11 Å². The first-order chi connectivity index (χ1) is 10.4. The van der Waals surface area contributed by atoms with Crippen LogP contribution < -0.4 is 10.2 Å². The molecular weight excluding hydrogens is 266 g/mol. The van der Waals surface area contributed by atoms with E-state index < -0.39 is 0 Å². The lowest BCUT2D eigenvalue weighted by molar-refractivity contribution is 0.0904. The second kappa shape index (κ2) is 7.09. The summed E-state index contributed by atoms with van der Waals surface area (Å²) < 4.78 is 5.42. The van der Waals surface area contributed by atoms with Gasteiger partial charge < -0.3 is 20.1 Å². The molecule has 1 aromatic heterocycles. The number of pyridine rings is 1. The molecule has 2 aliphatic heterocycles. The van der Waals surface area contributed by atoms with Gasteiger partial charge in [0.2, 0.25) is 0 Å². The lowest BCUT2D eigenvalue weighted by atomic mass is 9.98. The first-order valence-electron chi connectivity index (χ1n) is 8.02. The Balaban J connectivity index is 1.67. The third-order valence-electron chi connectivity index (χ3n) is 4.54. The summed E-state index contributed by atoms with van der Waals surface area (Å²) in [7, 11) is 0. The van der Waals surface area contributed by atoms with Crippen molar-refractivity contribution < 1.29 is 9.84 Å². The highest BCUT2D eigenvalue weighted by Gasteiger charge is 2.22. The molecule has 0 amide bonds. The zero-order valence-corrected chi connectivity index (χ0v) is 12.5. The minimum atomic E-state index is 0.309. The lowest BCUT2D eigenvalue weighted by Gasteiger charge is -2.34. The number of rotatable bonds is 4. The monoisotopic (exact) mass is 291 g/mol. The summed E-state index contributed by atoms with van der Waals surface area (Å²) in [5.74, 6) is 1.51. The molecule has 5 heteroatoms. The molecule has 3 heterocycles. The molecule has 1 aromatic rings. The molecule has 2 saturated heterocycles. The molecule has 0 unspecified atom stereocenters. The summed E-state index contributed by atoms with van der Waals surface area (Å²) in [4.78, 5) is 6.93. The number of hydrogen-bond donors (Lipinski definition) is 2. The predicted molar refractivity (Wildman–Crippen MR) is 83.7 cm³/mol. The number of anilines is 2. The SMILES string of the molecule is OCC1CCN(c2ncccc2NC2CCOCC2)CC1. The van der Waals surface area contributed by atoms with Crippen molar-refractivity contribution >= 4 is 11.5 Å². The zero-order valence-electron chi connectivity index (χ0n) is 12.5. The molecule has 0 aliphatic carbocycles. The summed E-state index contributed by atoms with van der Waals surface area (Å²) in [5, 5.41) is 12.9. The third-order valence-corrected chi connectivity index (χ3v) is 4.54. The Hall–Kier alpha value is -1.33. The van der Waals surface area contributed by atoms with Gasteiger partial charge >= 0.3 is 0 Å². The quantitative estimate of drug-likeness (QED) is 0.887. The molecule has 0 atom stereocenters. The van der Waals surface area contributed by atoms with Crippen LogP contribution in [-0.2, 0) is 4.74 Å². The van der Waals surface area contributed by atoms with E-state index in [-0.39, 0.29) is 0 Å². The standard InChI is InChI=1S/C16H25N3O2/c20-12-13-3-8-19(9-4-13)16-15(2-1-7-17-16)18-14-5-10-21-11-6-14/h1-2,7,13-14,18,20H,3-6,8-12H2. The minimum absolute atomic E-state index is 0.309. The third kappa shape index (κ3) is 3.66. The fourth-order valence-electron chi connectivity index (χ4n) is 3.15. The van der Waals surface area contributed by atoms with Crippen molar-refractivity contribution in [2.45, 2.75) is 31.7 Å². The van der Waals surface area contributed by atoms with Gasteiger partial charge in [-0.3, -0.25) is 0 Å². The first-order valence-corrected chi connectivity index (χ1v) is 8.02. The Kier molecular flexibility index (Phi) is 4.93. The van der Waals surface area contributed by atoms with E-state index in [0.29, 0.717) is 18.6 Å². The first kappa shape index (κ1) is 14.6. The van der Waals surface area contributed by atoms with Crippen LogP contribution in [0.25, 0.3) is 0 Å². The maximum Gasteiger partial charge on any atom is 0.151 e. The molecule has 0 bridgehead atoms. The molecule has 2 fully saturated rings. The van der Waals surface area contributed by atoms with Crippen molar-refractivity contribution in [2.24, 2.45) is 5.92 Å². The highest BCUT2D eigenvalue weighted by Crippen LogP contribution is 2.28. The van der Waals surface area contributed by atoms with Gasteiger partial charge in [-0.15, -0.1) is 0 Å². The van der Waals surface area contributed by atoms with Crippen LogP contribution in [0.15, 0.2) is 18.3 Å². The van der Waals surface area contributed by atoms with Crippen LogP contribution in [0, 0.1) is 5.92 Å². The average molecular weight is 291 g/mol. The number of nitrogens with zero attached hydrogens (tertiary/aromatic N) is 2. The van der Waals surface area contributed by atoms with Gasteiger partial charge in [-0.1, -0.05) is 0 Å². The summed E-state index contributed by atoms with van der Waals surface area (Å²) >= 11 is 0. The van der Waals surface area contributed by atoms with Crippen LogP contribution in [-0.4, -0.2) is 49.0 Å².